The summed E-state index contributed by atoms with van der Waals surface area (Å²) in [5, 5.41) is 22.2. The lowest BCUT2D eigenvalue weighted by atomic mass is 10.1. The van der Waals surface area contributed by atoms with E-state index in [1.54, 1.807) is 0 Å². The number of nitro benzene ring substituents is 1. The molecule has 0 spiro atoms. The van der Waals surface area contributed by atoms with E-state index in [1.807, 2.05) is 0 Å². The summed E-state index contributed by atoms with van der Waals surface area (Å²) in [4.78, 5) is 21.4. The summed E-state index contributed by atoms with van der Waals surface area (Å²) in [5.74, 6) is -3.79. The average Bonchev–Trinajstić information content (AvgIpc) is 2.38. The van der Waals surface area contributed by atoms with Crippen molar-refractivity contribution in [2.75, 3.05) is 20.3 Å². The van der Waals surface area contributed by atoms with Crippen LogP contribution in [0.3, 0.4) is 0 Å². The first-order chi connectivity index (χ1) is 9.36. The molecule has 0 heterocycles. The normalized spacial score (nSPS) is 12.0. The Bertz CT molecular complexity index is 524. The molecule has 7 nitrogen and oxygen atoms in total. The van der Waals surface area contributed by atoms with E-state index in [0.717, 1.165) is 0 Å². The minimum atomic E-state index is -1.42. The van der Waals surface area contributed by atoms with Crippen LogP contribution in [0.25, 0.3) is 0 Å². The van der Waals surface area contributed by atoms with Gasteiger partial charge >= 0.3 is 0 Å². The van der Waals surface area contributed by atoms with Gasteiger partial charge in [0.05, 0.1) is 23.7 Å². The van der Waals surface area contributed by atoms with Crippen molar-refractivity contribution >= 4 is 11.6 Å². The van der Waals surface area contributed by atoms with Crippen LogP contribution in [-0.2, 0) is 4.74 Å². The smallest absolute Gasteiger partial charge is 0.285 e. The number of nitrogens with one attached hydrogen (secondary N) is 1. The Morgan fingerprint density at radius 2 is 2.10 bits per heavy atom. The molecule has 0 aliphatic heterocycles. The first kappa shape index (κ1) is 15.9. The van der Waals surface area contributed by atoms with E-state index in [4.69, 9.17) is 0 Å². The number of carbonyl (C=O) groups excluding carboxylic acids is 1. The number of methoxy groups -OCH3 is 1. The van der Waals surface area contributed by atoms with Gasteiger partial charge in [0.25, 0.3) is 11.6 Å². The summed E-state index contributed by atoms with van der Waals surface area (Å²) < 4.78 is 30.6. The number of hydrogen-bond donors (Lipinski definition) is 2. The molecule has 110 valence electrons. The number of nitro groups is 1. The zero-order valence-corrected chi connectivity index (χ0v) is 10.4. The van der Waals surface area contributed by atoms with Gasteiger partial charge in [0, 0.05) is 13.7 Å². The summed E-state index contributed by atoms with van der Waals surface area (Å²) in [7, 11) is 1.34. The van der Waals surface area contributed by atoms with Crippen molar-refractivity contribution in [3.63, 3.8) is 0 Å². The van der Waals surface area contributed by atoms with Gasteiger partial charge in [-0.2, -0.15) is 0 Å². The van der Waals surface area contributed by atoms with Crippen LogP contribution in [-0.4, -0.2) is 42.3 Å². The monoisotopic (exact) mass is 290 g/mol. The fourth-order valence-electron chi connectivity index (χ4n) is 1.43. The lowest BCUT2D eigenvalue weighted by molar-refractivity contribution is -0.385. The number of halogens is 2. The highest BCUT2D eigenvalue weighted by molar-refractivity contribution is 5.98. The molecule has 0 fully saturated rings. The molecule has 0 radical (unpaired) electrons. The zero-order chi connectivity index (χ0) is 15.3. The Hall–Kier alpha value is -2.13. The maximum atomic E-state index is 13.1. The van der Waals surface area contributed by atoms with E-state index in [1.165, 1.54) is 7.11 Å². The average molecular weight is 290 g/mol. The maximum Gasteiger partial charge on any atom is 0.285 e. The molecule has 1 unspecified atom stereocenters. The molecular weight excluding hydrogens is 278 g/mol. The highest BCUT2D eigenvalue weighted by atomic mass is 19.2. The van der Waals surface area contributed by atoms with E-state index < -0.39 is 39.8 Å². The Kier molecular flexibility index (Phi) is 5.47. The van der Waals surface area contributed by atoms with Crippen LogP contribution in [0.15, 0.2) is 12.1 Å². The summed E-state index contributed by atoms with van der Waals surface area (Å²) in [5.41, 5.74) is -1.49. The van der Waals surface area contributed by atoms with Crippen molar-refractivity contribution in [3.05, 3.63) is 39.4 Å². The van der Waals surface area contributed by atoms with Crippen molar-refractivity contribution in [2.45, 2.75) is 6.10 Å². The Morgan fingerprint density at radius 3 is 2.65 bits per heavy atom. The van der Waals surface area contributed by atoms with Crippen molar-refractivity contribution in [3.8, 4) is 0 Å². The summed E-state index contributed by atoms with van der Waals surface area (Å²) in [6.45, 7) is -0.303. The van der Waals surface area contributed by atoms with Crippen molar-refractivity contribution in [1.29, 1.82) is 0 Å². The molecule has 1 aromatic rings. The second-order valence-corrected chi connectivity index (χ2v) is 3.86. The third-order valence-electron chi connectivity index (χ3n) is 2.34. The molecule has 1 amide bonds. The second-order valence-electron chi connectivity index (χ2n) is 3.86. The molecule has 0 aliphatic rings. The van der Waals surface area contributed by atoms with Crippen LogP contribution in [0.1, 0.15) is 10.4 Å². The van der Waals surface area contributed by atoms with Crippen LogP contribution >= 0.6 is 0 Å². The quantitative estimate of drug-likeness (QED) is 0.590. The number of rotatable bonds is 6. The van der Waals surface area contributed by atoms with Gasteiger partial charge in [0.1, 0.15) is 5.56 Å². The van der Waals surface area contributed by atoms with Crippen molar-refractivity contribution in [2.24, 2.45) is 0 Å². The molecular formula is C11H12F2N2O5. The third-order valence-corrected chi connectivity index (χ3v) is 2.34. The molecule has 1 aromatic carbocycles. The summed E-state index contributed by atoms with van der Waals surface area (Å²) in [6.07, 6.45) is -1.02. The van der Waals surface area contributed by atoms with Crippen molar-refractivity contribution < 1.29 is 28.3 Å². The number of aliphatic hydroxyl groups excluding tert-OH is 1. The minimum Gasteiger partial charge on any atom is -0.389 e. The number of benzene rings is 1. The number of amides is 1. The van der Waals surface area contributed by atoms with Gasteiger partial charge in [-0.25, -0.2) is 8.78 Å². The number of hydrogen-bond acceptors (Lipinski definition) is 5. The summed E-state index contributed by atoms with van der Waals surface area (Å²) in [6, 6.07) is 0.765. The molecule has 0 aromatic heterocycles. The van der Waals surface area contributed by atoms with Gasteiger partial charge in [0.15, 0.2) is 11.6 Å². The first-order valence-electron chi connectivity index (χ1n) is 5.45. The predicted octanol–water partition coefficient (Wildman–Crippen LogP) is 0.610. The van der Waals surface area contributed by atoms with Gasteiger partial charge in [0.2, 0.25) is 0 Å². The zero-order valence-electron chi connectivity index (χ0n) is 10.4. The molecule has 0 saturated carbocycles. The highest BCUT2D eigenvalue weighted by Gasteiger charge is 2.24. The lowest BCUT2D eigenvalue weighted by Crippen LogP contribution is -2.34. The van der Waals surface area contributed by atoms with E-state index in [-0.39, 0.29) is 13.2 Å². The maximum absolute atomic E-state index is 13.1. The fourth-order valence-corrected chi connectivity index (χ4v) is 1.43. The lowest BCUT2D eigenvalue weighted by Gasteiger charge is -2.11. The minimum absolute atomic E-state index is 0.0554. The molecule has 20 heavy (non-hydrogen) atoms. The first-order valence-corrected chi connectivity index (χ1v) is 5.45. The second kappa shape index (κ2) is 6.87. The largest absolute Gasteiger partial charge is 0.389 e. The highest BCUT2D eigenvalue weighted by Crippen LogP contribution is 2.22. The fraction of sp³-hybridized carbons (Fsp3) is 0.364. The van der Waals surface area contributed by atoms with Crippen LogP contribution in [0.5, 0.6) is 0 Å². The van der Waals surface area contributed by atoms with Gasteiger partial charge in [-0.15, -0.1) is 0 Å². The van der Waals surface area contributed by atoms with Crippen LogP contribution < -0.4 is 5.32 Å². The molecule has 0 saturated heterocycles. The standard InChI is InChI=1S/C11H12F2N2O5/c1-20-5-6(16)4-14-11(17)7-2-8(12)9(13)3-10(7)15(18)19/h2-3,6,16H,4-5H2,1H3,(H,14,17). The number of nitrogens with zero attached hydrogens (tertiary/aromatic N) is 1. The predicted molar refractivity (Wildman–Crippen MR) is 63.2 cm³/mol. The number of carbonyl (C=O) groups is 1. The van der Waals surface area contributed by atoms with E-state index in [0.29, 0.717) is 12.1 Å². The van der Waals surface area contributed by atoms with Gasteiger partial charge in [-0.05, 0) is 6.07 Å². The molecule has 0 aliphatic carbocycles. The van der Waals surface area contributed by atoms with E-state index in [9.17, 15) is 28.8 Å². The van der Waals surface area contributed by atoms with Crippen LogP contribution in [0.4, 0.5) is 14.5 Å². The number of aliphatic hydroxyl groups is 1. The molecule has 9 heteroatoms. The molecule has 1 atom stereocenters. The third kappa shape index (κ3) is 3.93. The van der Waals surface area contributed by atoms with Crippen LogP contribution in [0.2, 0.25) is 0 Å². The number of ether oxygens (including phenoxy) is 1. The molecule has 0 bridgehead atoms. The molecule has 2 N–H and O–H groups in total. The Balaban J connectivity index is 2.92. The van der Waals surface area contributed by atoms with Gasteiger partial charge in [-0.3, -0.25) is 14.9 Å². The Morgan fingerprint density at radius 1 is 1.50 bits per heavy atom. The molecule has 1 rings (SSSR count). The van der Waals surface area contributed by atoms with E-state index >= 15 is 0 Å². The van der Waals surface area contributed by atoms with Crippen LogP contribution in [0, 0.1) is 21.7 Å². The van der Waals surface area contributed by atoms with Crippen molar-refractivity contribution in [1.82, 2.24) is 5.32 Å². The summed E-state index contributed by atoms with van der Waals surface area (Å²) >= 11 is 0. The SMILES string of the molecule is COCC(O)CNC(=O)c1cc(F)c(F)cc1[N+](=O)[O-]. The van der Waals surface area contributed by atoms with E-state index in [2.05, 4.69) is 10.1 Å². The van der Waals surface area contributed by atoms with Gasteiger partial charge in [-0.1, -0.05) is 0 Å². The Labute approximate surface area is 112 Å². The van der Waals surface area contributed by atoms with Gasteiger partial charge < -0.3 is 15.2 Å². The topological polar surface area (TPSA) is 102 Å².